The van der Waals surface area contributed by atoms with E-state index in [1.54, 1.807) is 0 Å². The number of hydrogen-bond acceptors (Lipinski definition) is 3. The lowest BCUT2D eigenvalue weighted by molar-refractivity contribution is -0.144. The van der Waals surface area contributed by atoms with E-state index in [0.717, 1.165) is 18.7 Å². The van der Waals surface area contributed by atoms with Gasteiger partial charge in [0.05, 0.1) is 5.56 Å². The molecule has 0 radical (unpaired) electrons. The van der Waals surface area contributed by atoms with Gasteiger partial charge in [-0.1, -0.05) is 36.4 Å². The van der Waals surface area contributed by atoms with Crippen molar-refractivity contribution >= 4 is 17.5 Å². The third-order valence-corrected chi connectivity index (χ3v) is 4.55. The van der Waals surface area contributed by atoms with E-state index in [9.17, 15) is 22.8 Å². The van der Waals surface area contributed by atoms with Crippen molar-refractivity contribution < 1.29 is 22.8 Å². The van der Waals surface area contributed by atoms with E-state index in [1.165, 1.54) is 22.6 Å². The van der Waals surface area contributed by atoms with Gasteiger partial charge in [0.15, 0.2) is 0 Å². The number of halogens is 3. The van der Waals surface area contributed by atoms with Crippen LogP contribution in [0.3, 0.4) is 0 Å². The van der Waals surface area contributed by atoms with Crippen LogP contribution in [0.15, 0.2) is 54.6 Å². The van der Waals surface area contributed by atoms with Crippen molar-refractivity contribution in [1.29, 1.82) is 0 Å². The maximum atomic E-state index is 12.8. The van der Waals surface area contributed by atoms with Gasteiger partial charge in [-0.25, -0.2) is 0 Å². The van der Waals surface area contributed by atoms with Gasteiger partial charge in [-0.15, -0.1) is 0 Å². The monoisotopic (exact) mass is 391 g/mol. The molecule has 0 aromatic heterocycles. The van der Waals surface area contributed by atoms with Crippen molar-refractivity contribution in [1.82, 2.24) is 9.80 Å². The number of anilines is 1. The van der Waals surface area contributed by atoms with Crippen LogP contribution in [0.1, 0.15) is 11.1 Å². The maximum Gasteiger partial charge on any atom is 0.416 e. The summed E-state index contributed by atoms with van der Waals surface area (Å²) in [5, 5.41) is 2.26. The SMILES string of the molecule is O=C(Nc1cccc(C(F)(F)F)c1)C(=O)N1CCN(Cc2ccccc2)CC1. The summed E-state index contributed by atoms with van der Waals surface area (Å²) in [6.07, 6.45) is -4.51. The first kappa shape index (κ1) is 19.9. The standard InChI is InChI=1S/C20H20F3N3O2/c21-20(22,23)16-7-4-8-17(13-16)24-18(27)19(28)26-11-9-25(10-12-26)14-15-5-2-1-3-6-15/h1-8,13H,9-12,14H2,(H,24,27). The number of piperazine rings is 1. The Morgan fingerprint density at radius 3 is 2.25 bits per heavy atom. The Bertz CT molecular complexity index is 832. The number of rotatable bonds is 3. The Morgan fingerprint density at radius 2 is 1.61 bits per heavy atom. The van der Waals surface area contributed by atoms with E-state index in [4.69, 9.17) is 0 Å². The van der Waals surface area contributed by atoms with Gasteiger partial charge in [-0.3, -0.25) is 14.5 Å². The van der Waals surface area contributed by atoms with E-state index >= 15 is 0 Å². The molecule has 0 aliphatic carbocycles. The predicted molar refractivity (Wildman–Crippen MR) is 98.4 cm³/mol. The summed E-state index contributed by atoms with van der Waals surface area (Å²) < 4.78 is 38.3. The zero-order chi connectivity index (χ0) is 20.1. The molecule has 2 aromatic carbocycles. The van der Waals surface area contributed by atoms with Gasteiger partial charge >= 0.3 is 18.0 Å². The average Bonchev–Trinajstić information content (AvgIpc) is 2.68. The second-order valence-corrected chi connectivity index (χ2v) is 6.59. The summed E-state index contributed by atoms with van der Waals surface area (Å²) in [5.74, 6) is -1.67. The van der Waals surface area contributed by atoms with E-state index in [0.29, 0.717) is 26.2 Å². The number of nitrogens with zero attached hydrogens (tertiary/aromatic N) is 2. The Morgan fingerprint density at radius 1 is 0.929 bits per heavy atom. The van der Waals surface area contributed by atoms with Gasteiger partial charge in [-0.2, -0.15) is 13.2 Å². The number of hydrogen-bond donors (Lipinski definition) is 1. The molecule has 0 spiro atoms. The Balaban J connectivity index is 1.53. The van der Waals surface area contributed by atoms with Crippen molar-refractivity contribution in [3.8, 4) is 0 Å². The molecule has 3 rings (SSSR count). The first-order valence-corrected chi connectivity index (χ1v) is 8.87. The van der Waals surface area contributed by atoms with Crippen molar-refractivity contribution in [2.75, 3.05) is 31.5 Å². The second-order valence-electron chi connectivity index (χ2n) is 6.59. The molecule has 0 bridgehead atoms. The van der Waals surface area contributed by atoms with Crippen LogP contribution in [0.2, 0.25) is 0 Å². The highest BCUT2D eigenvalue weighted by Crippen LogP contribution is 2.30. The molecule has 0 atom stereocenters. The van der Waals surface area contributed by atoms with Crippen molar-refractivity contribution in [2.45, 2.75) is 12.7 Å². The summed E-state index contributed by atoms with van der Waals surface area (Å²) in [5.41, 5.74) is 0.229. The van der Waals surface area contributed by atoms with Crippen LogP contribution in [-0.4, -0.2) is 47.8 Å². The van der Waals surface area contributed by atoms with Gasteiger partial charge in [-0.05, 0) is 23.8 Å². The van der Waals surface area contributed by atoms with Crippen LogP contribution in [0.5, 0.6) is 0 Å². The van der Waals surface area contributed by atoms with Crippen LogP contribution in [0.25, 0.3) is 0 Å². The van der Waals surface area contributed by atoms with Gasteiger partial charge < -0.3 is 10.2 Å². The zero-order valence-corrected chi connectivity index (χ0v) is 15.1. The molecule has 0 unspecified atom stereocenters. The summed E-state index contributed by atoms with van der Waals surface area (Å²) >= 11 is 0. The second kappa shape index (κ2) is 8.43. The van der Waals surface area contributed by atoms with Gasteiger partial charge in [0.2, 0.25) is 0 Å². The zero-order valence-electron chi connectivity index (χ0n) is 15.1. The molecule has 2 aromatic rings. The molecule has 148 valence electrons. The fraction of sp³-hybridized carbons (Fsp3) is 0.300. The topological polar surface area (TPSA) is 52.7 Å². The van der Waals surface area contributed by atoms with Gasteiger partial charge in [0.1, 0.15) is 0 Å². The largest absolute Gasteiger partial charge is 0.416 e. The van der Waals surface area contributed by atoms with Crippen molar-refractivity contribution in [3.63, 3.8) is 0 Å². The van der Waals surface area contributed by atoms with Crippen LogP contribution in [-0.2, 0) is 22.3 Å². The summed E-state index contributed by atoms with van der Waals surface area (Å²) in [6.45, 7) is 2.79. The Kier molecular flexibility index (Phi) is 5.99. The third-order valence-electron chi connectivity index (χ3n) is 4.55. The molecule has 1 heterocycles. The number of alkyl halides is 3. The third kappa shape index (κ3) is 5.10. The van der Waals surface area contributed by atoms with Crippen molar-refractivity contribution in [2.24, 2.45) is 0 Å². The predicted octanol–water partition coefficient (Wildman–Crippen LogP) is 2.99. The first-order chi connectivity index (χ1) is 13.3. The summed E-state index contributed by atoms with van der Waals surface area (Å²) in [7, 11) is 0. The highest BCUT2D eigenvalue weighted by Gasteiger charge is 2.31. The summed E-state index contributed by atoms with van der Waals surface area (Å²) in [4.78, 5) is 28.1. The lowest BCUT2D eigenvalue weighted by Gasteiger charge is -2.34. The molecule has 1 N–H and O–H groups in total. The highest BCUT2D eigenvalue weighted by atomic mass is 19.4. The van der Waals surface area contributed by atoms with Crippen LogP contribution >= 0.6 is 0 Å². The van der Waals surface area contributed by atoms with E-state index in [1.807, 2.05) is 30.3 Å². The Labute approximate surface area is 160 Å². The number of amides is 2. The van der Waals surface area contributed by atoms with Crippen LogP contribution < -0.4 is 5.32 Å². The molecule has 1 fully saturated rings. The number of carbonyl (C=O) groups is 2. The minimum atomic E-state index is -4.51. The molecule has 5 nitrogen and oxygen atoms in total. The fourth-order valence-electron chi connectivity index (χ4n) is 3.05. The Hall–Kier alpha value is -2.87. The highest BCUT2D eigenvalue weighted by molar-refractivity contribution is 6.39. The van der Waals surface area contributed by atoms with Crippen molar-refractivity contribution in [3.05, 3.63) is 65.7 Å². The molecular formula is C20H20F3N3O2. The number of carbonyl (C=O) groups excluding carboxylic acids is 2. The van der Waals surface area contributed by atoms with Crippen LogP contribution in [0.4, 0.5) is 18.9 Å². The van der Waals surface area contributed by atoms with Gasteiger partial charge in [0, 0.05) is 38.4 Å². The summed E-state index contributed by atoms with van der Waals surface area (Å²) in [6, 6.07) is 14.2. The molecular weight excluding hydrogens is 371 g/mol. The average molecular weight is 391 g/mol. The minimum absolute atomic E-state index is 0.0594. The quantitative estimate of drug-likeness (QED) is 0.819. The number of nitrogens with one attached hydrogen (secondary N) is 1. The van der Waals surface area contributed by atoms with E-state index < -0.39 is 23.6 Å². The fourth-order valence-corrected chi connectivity index (χ4v) is 3.05. The van der Waals surface area contributed by atoms with E-state index in [2.05, 4.69) is 10.2 Å². The molecule has 1 aliphatic rings. The normalized spacial score (nSPS) is 15.3. The molecule has 2 amide bonds. The molecule has 28 heavy (non-hydrogen) atoms. The van der Waals surface area contributed by atoms with Gasteiger partial charge in [0.25, 0.3) is 0 Å². The molecule has 8 heteroatoms. The number of benzene rings is 2. The maximum absolute atomic E-state index is 12.8. The smallest absolute Gasteiger partial charge is 0.332 e. The van der Waals surface area contributed by atoms with Crippen LogP contribution in [0, 0.1) is 0 Å². The van der Waals surface area contributed by atoms with E-state index in [-0.39, 0.29) is 5.69 Å². The molecule has 0 saturated carbocycles. The minimum Gasteiger partial charge on any atom is -0.332 e. The first-order valence-electron chi connectivity index (χ1n) is 8.87. The lowest BCUT2D eigenvalue weighted by atomic mass is 10.2. The molecule has 1 saturated heterocycles. The lowest BCUT2D eigenvalue weighted by Crippen LogP contribution is -2.51. The molecule has 1 aliphatic heterocycles.